The number of amides is 2. The monoisotopic (exact) mass is 415 g/mol. The molecule has 0 unspecified atom stereocenters. The van der Waals surface area contributed by atoms with Crippen molar-refractivity contribution < 1.29 is 14.0 Å². The Morgan fingerprint density at radius 1 is 0.966 bits per heavy atom. The molecule has 29 heavy (non-hydrogen) atoms. The number of carbonyl (C=O) groups excluding carboxylic acids is 2. The molecule has 154 valence electrons. The summed E-state index contributed by atoms with van der Waals surface area (Å²) in [5.41, 5.74) is 6.82. The highest BCUT2D eigenvalue weighted by atomic mass is 32.2. The van der Waals surface area contributed by atoms with Crippen LogP contribution in [0, 0.1) is 5.82 Å². The number of halogens is 1. The van der Waals surface area contributed by atoms with Gasteiger partial charge in [-0.1, -0.05) is 18.2 Å². The average molecular weight is 416 g/mol. The lowest BCUT2D eigenvalue weighted by molar-refractivity contribution is -0.131. The van der Waals surface area contributed by atoms with E-state index in [-0.39, 0.29) is 30.1 Å². The van der Waals surface area contributed by atoms with Crippen LogP contribution in [0.2, 0.25) is 0 Å². The van der Waals surface area contributed by atoms with Gasteiger partial charge in [0.1, 0.15) is 5.82 Å². The number of nitrogens with two attached hydrogens (primary N) is 1. The Kier molecular flexibility index (Phi) is 7.66. The van der Waals surface area contributed by atoms with Crippen LogP contribution >= 0.6 is 11.8 Å². The summed E-state index contributed by atoms with van der Waals surface area (Å²) in [7, 11) is 0. The van der Waals surface area contributed by atoms with Gasteiger partial charge in [0.2, 0.25) is 5.91 Å². The van der Waals surface area contributed by atoms with Crippen molar-refractivity contribution in [1.29, 1.82) is 0 Å². The average Bonchev–Trinajstić information content (AvgIpc) is 3.00. The van der Waals surface area contributed by atoms with E-state index in [1.807, 2.05) is 35.2 Å². The number of hydrogen-bond acceptors (Lipinski definition) is 4. The second kappa shape index (κ2) is 10.4. The molecule has 0 bridgehead atoms. The van der Waals surface area contributed by atoms with Crippen molar-refractivity contribution in [3.63, 3.8) is 0 Å². The molecule has 1 saturated heterocycles. The Bertz CT molecular complexity index is 817. The smallest absolute Gasteiger partial charge is 0.253 e. The predicted octanol–water partition coefficient (Wildman–Crippen LogP) is 3.01. The first-order chi connectivity index (χ1) is 14.0. The van der Waals surface area contributed by atoms with Crippen molar-refractivity contribution in [3.8, 4) is 0 Å². The predicted molar refractivity (Wildman–Crippen MR) is 113 cm³/mol. The van der Waals surface area contributed by atoms with E-state index in [4.69, 9.17) is 5.73 Å². The molecule has 0 radical (unpaired) electrons. The number of nitrogens with zero attached hydrogens (tertiary/aromatic N) is 2. The molecule has 1 fully saturated rings. The molecular weight excluding hydrogens is 389 g/mol. The van der Waals surface area contributed by atoms with E-state index in [2.05, 4.69) is 0 Å². The largest absolute Gasteiger partial charge is 0.341 e. The van der Waals surface area contributed by atoms with Gasteiger partial charge in [-0.25, -0.2) is 4.39 Å². The van der Waals surface area contributed by atoms with Gasteiger partial charge in [-0.15, -0.1) is 11.8 Å². The molecule has 0 aromatic heterocycles. The van der Waals surface area contributed by atoms with Crippen molar-refractivity contribution >= 4 is 23.6 Å². The molecule has 2 amide bonds. The van der Waals surface area contributed by atoms with Crippen LogP contribution in [0.1, 0.15) is 23.2 Å². The lowest BCUT2D eigenvalue weighted by Crippen LogP contribution is -2.40. The number of carbonyl (C=O) groups is 2. The maximum atomic E-state index is 13.0. The minimum Gasteiger partial charge on any atom is -0.341 e. The molecule has 5 nitrogen and oxygen atoms in total. The van der Waals surface area contributed by atoms with E-state index < -0.39 is 0 Å². The molecule has 0 spiro atoms. The third-order valence-electron chi connectivity index (χ3n) is 4.87. The molecule has 1 aliphatic rings. The van der Waals surface area contributed by atoms with E-state index >= 15 is 0 Å². The molecule has 1 aliphatic heterocycles. The van der Waals surface area contributed by atoms with Crippen LogP contribution < -0.4 is 5.73 Å². The molecule has 7 heteroatoms. The normalized spacial score (nSPS) is 15.7. The zero-order valence-corrected chi connectivity index (χ0v) is 17.1. The van der Waals surface area contributed by atoms with Crippen molar-refractivity contribution in [1.82, 2.24) is 9.80 Å². The van der Waals surface area contributed by atoms with E-state index in [1.165, 1.54) is 23.9 Å². The molecule has 0 aliphatic carbocycles. The zero-order chi connectivity index (χ0) is 20.6. The topological polar surface area (TPSA) is 66.6 Å². The van der Waals surface area contributed by atoms with E-state index in [0.29, 0.717) is 37.5 Å². The van der Waals surface area contributed by atoms with Gasteiger partial charge >= 0.3 is 0 Å². The molecular formula is C22H26FN3O2S. The maximum Gasteiger partial charge on any atom is 0.253 e. The van der Waals surface area contributed by atoms with Crippen LogP contribution in [0.3, 0.4) is 0 Å². The summed E-state index contributed by atoms with van der Waals surface area (Å²) in [4.78, 5) is 29.8. The fraction of sp³-hybridized carbons (Fsp3) is 0.364. The minimum absolute atomic E-state index is 0.00676. The molecule has 3 rings (SSSR count). The summed E-state index contributed by atoms with van der Waals surface area (Å²) in [6.45, 7) is 2.33. The molecule has 2 N–H and O–H groups in total. The Hall–Kier alpha value is -2.38. The summed E-state index contributed by atoms with van der Waals surface area (Å²) in [6.07, 6.45) is 1.02. The Morgan fingerprint density at radius 3 is 2.34 bits per heavy atom. The van der Waals surface area contributed by atoms with Crippen LogP contribution in [0.25, 0.3) is 0 Å². The van der Waals surface area contributed by atoms with Crippen molar-refractivity contribution in [2.24, 2.45) is 5.73 Å². The Morgan fingerprint density at radius 2 is 1.62 bits per heavy atom. The van der Waals surface area contributed by atoms with Crippen LogP contribution in [-0.2, 0) is 4.79 Å². The zero-order valence-electron chi connectivity index (χ0n) is 16.3. The van der Waals surface area contributed by atoms with Crippen LogP contribution in [0.5, 0.6) is 0 Å². The van der Waals surface area contributed by atoms with Gasteiger partial charge in [-0.3, -0.25) is 9.59 Å². The summed E-state index contributed by atoms with van der Waals surface area (Å²) in [5.74, 6) is 0.345. The fourth-order valence-corrected chi connectivity index (χ4v) is 4.13. The van der Waals surface area contributed by atoms with Crippen molar-refractivity contribution in [3.05, 3.63) is 66.0 Å². The molecule has 2 aromatic carbocycles. The first-order valence-electron chi connectivity index (χ1n) is 9.79. The van der Waals surface area contributed by atoms with E-state index in [9.17, 15) is 14.0 Å². The van der Waals surface area contributed by atoms with E-state index in [1.54, 1.807) is 17.0 Å². The molecule has 1 atom stereocenters. The fourth-order valence-electron chi connectivity index (χ4n) is 3.28. The van der Waals surface area contributed by atoms with Gasteiger partial charge in [0.25, 0.3) is 5.91 Å². The second-order valence-corrected chi connectivity index (χ2v) is 8.22. The highest BCUT2D eigenvalue weighted by molar-refractivity contribution is 7.99. The second-order valence-electron chi connectivity index (χ2n) is 7.12. The van der Waals surface area contributed by atoms with E-state index in [0.717, 1.165) is 11.3 Å². The number of hydrogen-bond donors (Lipinski definition) is 1. The van der Waals surface area contributed by atoms with Gasteiger partial charge < -0.3 is 15.5 Å². The SMILES string of the molecule is N[C@H](CSc1ccc(F)cc1)CC(=O)N1CCCN(C(=O)c2ccccc2)CC1. The van der Waals surface area contributed by atoms with Crippen molar-refractivity contribution in [2.75, 3.05) is 31.9 Å². The summed E-state index contributed by atoms with van der Waals surface area (Å²) < 4.78 is 13.0. The molecule has 1 heterocycles. The van der Waals surface area contributed by atoms with Crippen molar-refractivity contribution in [2.45, 2.75) is 23.8 Å². The summed E-state index contributed by atoms with van der Waals surface area (Å²) >= 11 is 1.52. The van der Waals surface area contributed by atoms with Gasteiger partial charge in [0, 0.05) is 54.9 Å². The minimum atomic E-state index is -0.275. The number of rotatable bonds is 6. The van der Waals surface area contributed by atoms with Gasteiger partial charge in [0.05, 0.1) is 0 Å². The van der Waals surface area contributed by atoms with Crippen LogP contribution in [0.4, 0.5) is 4.39 Å². The Balaban J connectivity index is 1.46. The van der Waals surface area contributed by atoms with Gasteiger partial charge in [0.15, 0.2) is 0 Å². The number of benzene rings is 2. The maximum absolute atomic E-state index is 13.0. The quantitative estimate of drug-likeness (QED) is 0.737. The molecule has 2 aromatic rings. The standard InChI is InChI=1S/C22H26FN3O2S/c23-18-7-9-20(10-8-18)29-16-19(24)15-21(27)25-11-4-12-26(14-13-25)22(28)17-5-2-1-3-6-17/h1-3,5-10,19H,4,11-16,24H2/t19-/m0/s1. The third kappa shape index (κ3) is 6.30. The first-order valence-corrected chi connectivity index (χ1v) is 10.8. The summed E-state index contributed by atoms with van der Waals surface area (Å²) in [5, 5.41) is 0. The van der Waals surface area contributed by atoms with Crippen LogP contribution in [-0.4, -0.2) is 59.6 Å². The highest BCUT2D eigenvalue weighted by Crippen LogP contribution is 2.19. The van der Waals surface area contributed by atoms with Crippen LogP contribution in [0.15, 0.2) is 59.5 Å². The number of thioether (sulfide) groups is 1. The lowest BCUT2D eigenvalue weighted by Gasteiger charge is -2.23. The Labute approximate surface area is 175 Å². The lowest BCUT2D eigenvalue weighted by atomic mass is 10.2. The van der Waals surface area contributed by atoms with Gasteiger partial charge in [-0.05, 0) is 42.8 Å². The highest BCUT2D eigenvalue weighted by Gasteiger charge is 2.23. The third-order valence-corrected chi connectivity index (χ3v) is 6.07. The first kappa shape index (κ1) is 21.3. The summed E-state index contributed by atoms with van der Waals surface area (Å²) in [6, 6.07) is 15.2. The molecule has 0 saturated carbocycles. The van der Waals surface area contributed by atoms with Gasteiger partial charge in [-0.2, -0.15) is 0 Å².